The first-order valence-electron chi connectivity index (χ1n) is 6.59. The molecule has 1 fully saturated rings. The van der Waals surface area contributed by atoms with E-state index in [1.165, 1.54) is 0 Å². The van der Waals surface area contributed by atoms with Crippen molar-refractivity contribution in [3.8, 4) is 0 Å². The van der Waals surface area contributed by atoms with Crippen molar-refractivity contribution in [1.29, 1.82) is 0 Å². The second kappa shape index (κ2) is 9.58. The van der Waals surface area contributed by atoms with E-state index in [0.717, 1.165) is 12.8 Å². The summed E-state index contributed by atoms with van der Waals surface area (Å²) in [5.74, 6) is 0.0440. The van der Waals surface area contributed by atoms with Gasteiger partial charge in [-0.2, -0.15) is 5.06 Å². The van der Waals surface area contributed by atoms with E-state index >= 15 is 0 Å². The molecule has 1 rings (SSSR count). The van der Waals surface area contributed by atoms with Gasteiger partial charge in [0.25, 0.3) is 0 Å². The Kier molecular flexibility index (Phi) is 11.0. The Morgan fingerprint density at radius 2 is 1.50 bits per heavy atom. The van der Waals surface area contributed by atoms with Crippen LogP contribution in [0.25, 0.3) is 0 Å². The molecule has 0 aromatic heterocycles. The second-order valence-corrected chi connectivity index (χ2v) is 7.45. The molecule has 0 bridgehead atoms. The number of nitrogens with zero attached hydrogens (tertiary/aromatic N) is 1. The van der Waals surface area contributed by atoms with Crippen LogP contribution in [0.2, 0.25) is 0 Å². The normalized spacial score (nSPS) is 21.1. The Hall–Kier alpha value is 1.14. The number of rotatable bonds is 2. The number of hydroxylamine groups is 2. The molecule has 0 aromatic carbocycles. The van der Waals surface area contributed by atoms with E-state index in [1.54, 1.807) is 14.0 Å². The van der Waals surface area contributed by atoms with Gasteiger partial charge >= 0.3 is 59.2 Å². The zero-order chi connectivity index (χ0) is 17.1. The summed E-state index contributed by atoms with van der Waals surface area (Å²) in [6.45, 7) is 10.2. The monoisotopic (exact) mass is 366 g/mol. The molecule has 22 heavy (non-hydrogen) atoms. The number of phosphoric acid groups is 1. The third kappa shape index (κ3) is 10.1. The van der Waals surface area contributed by atoms with Crippen LogP contribution in [0.15, 0.2) is 0 Å². The van der Waals surface area contributed by atoms with Crippen LogP contribution in [-0.2, 0) is 14.2 Å². The molecule has 4 N–H and O–H groups in total. The molecular formula is C12H28KN2O6P. The first-order valence-corrected chi connectivity index (χ1v) is 8.15. The van der Waals surface area contributed by atoms with E-state index in [0.29, 0.717) is 0 Å². The Balaban J connectivity index is 0. The van der Waals surface area contributed by atoms with E-state index < -0.39 is 7.82 Å². The first-order chi connectivity index (χ1) is 9.19. The number of hydrogen-bond donors (Lipinski definition) is 4. The van der Waals surface area contributed by atoms with Gasteiger partial charge in [-0.15, -0.1) is 0 Å². The SMILES string of the molecule is CON1C(C)(C)CC(NC(C)=O)CC1(C)C.O=P(O)(O)O.[KH]. The molecule has 1 saturated heterocycles. The van der Waals surface area contributed by atoms with Crippen molar-refractivity contribution in [2.75, 3.05) is 7.11 Å². The number of amides is 1. The molecule has 0 spiro atoms. The van der Waals surface area contributed by atoms with Gasteiger partial charge in [-0.3, -0.25) is 4.79 Å². The van der Waals surface area contributed by atoms with E-state index in [2.05, 4.69) is 33.0 Å². The number of hydrogen-bond acceptors (Lipinski definition) is 4. The van der Waals surface area contributed by atoms with Gasteiger partial charge in [0.05, 0.1) is 7.11 Å². The van der Waals surface area contributed by atoms with Crippen LogP contribution < -0.4 is 5.32 Å². The molecular weight excluding hydrogens is 338 g/mol. The number of piperidine rings is 1. The molecule has 0 aromatic rings. The van der Waals surface area contributed by atoms with E-state index in [9.17, 15) is 4.79 Å². The molecule has 10 heteroatoms. The topological polar surface area (TPSA) is 119 Å². The van der Waals surface area contributed by atoms with Crippen LogP contribution in [0.3, 0.4) is 0 Å². The van der Waals surface area contributed by atoms with Gasteiger partial charge in [-0.1, -0.05) is 0 Å². The molecule has 0 atom stereocenters. The number of carbonyl (C=O) groups excluding carboxylic acids is 1. The van der Waals surface area contributed by atoms with Crippen molar-refractivity contribution in [2.45, 2.75) is 64.6 Å². The fraction of sp³-hybridized carbons (Fsp3) is 0.917. The van der Waals surface area contributed by atoms with Gasteiger partial charge in [0.2, 0.25) is 5.91 Å². The summed E-state index contributed by atoms with van der Waals surface area (Å²) in [7, 11) is -2.93. The molecule has 1 aliphatic rings. The number of nitrogens with one attached hydrogen (secondary N) is 1. The predicted octanol–water partition coefficient (Wildman–Crippen LogP) is 0.128. The quantitative estimate of drug-likeness (QED) is 0.405. The van der Waals surface area contributed by atoms with Gasteiger partial charge < -0.3 is 24.8 Å². The summed E-state index contributed by atoms with van der Waals surface area (Å²) in [6.07, 6.45) is 1.81. The van der Waals surface area contributed by atoms with Gasteiger partial charge in [0.1, 0.15) is 0 Å². The molecule has 0 aliphatic carbocycles. The zero-order valence-corrected chi connectivity index (χ0v) is 14.3. The van der Waals surface area contributed by atoms with Crippen molar-refractivity contribution >= 4 is 65.1 Å². The zero-order valence-electron chi connectivity index (χ0n) is 13.5. The van der Waals surface area contributed by atoms with Gasteiger partial charge in [-0.05, 0) is 40.5 Å². The molecule has 0 saturated carbocycles. The Bertz CT molecular complexity index is 386. The molecule has 128 valence electrons. The average molecular weight is 366 g/mol. The second-order valence-electron chi connectivity index (χ2n) is 6.42. The Labute approximate surface area is 174 Å². The molecule has 0 unspecified atom stereocenters. The summed E-state index contributed by atoms with van der Waals surface area (Å²) < 4.78 is 8.88. The molecule has 1 aliphatic heterocycles. The average Bonchev–Trinajstić information content (AvgIpc) is 2.08. The van der Waals surface area contributed by atoms with Crippen LogP contribution in [0, 0.1) is 0 Å². The molecule has 1 amide bonds. The summed E-state index contributed by atoms with van der Waals surface area (Å²) in [4.78, 5) is 38.2. The maximum atomic E-state index is 11.1. The molecule has 0 radical (unpaired) electrons. The van der Waals surface area contributed by atoms with E-state index in [4.69, 9.17) is 24.1 Å². The van der Waals surface area contributed by atoms with Crippen LogP contribution in [0.5, 0.6) is 0 Å². The van der Waals surface area contributed by atoms with Gasteiger partial charge in [0, 0.05) is 24.0 Å². The number of carbonyl (C=O) groups is 1. The minimum absolute atomic E-state index is 0. The minimum atomic E-state index is -4.64. The van der Waals surface area contributed by atoms with Gasteiger partial charge in [0.15, 0.2) is 0 Å². The van der Waals surface area contributed by atoms with Crippen molar-refractivity contribution in [1.82, 2.24) is 10.4 Å². The van der Waals surface area contributed by atoms with Crippen LogP contribution >= 0.6 is 7.82 Å². The predicted molar refractivity (Wildman–Crippen MR) is 85.3 cm³/mol. The first kappa shape index (κ1) is 25.4. The third-order valence-corrected chi connectivity index (χ3v) is 3.18. The summed E-state index contributed by atoms with van der Waals surface area (Å²) >= 11 is 0. The third-order valence-electron chi connectivity index (χ3n) is 3.18. The van der Waals surface area contributed by atoms with Crippen molar-refractivity contribution in [3.63, 3.8) is 0 Å². The van der Waals surface area contributed by atoms with E-state index in [-0.39, 0.29) is 74.4 Å². The van der Waals surface area contributed by atoms with Crippen molar-refractivity contribution < 1.29 is 28.9 Å². The molecule has 1 heterocycles. The Morgan fingerprint density at radius 3 is 1.73 bits per heavy atom. The van der Waals surface area contributed by atoms with Crippen molar-refractivity contribution in [3.05, 3.63) is 0 Å². The summed E-state index contributed by atoms with van der Waals surface area (Å²) in [6, 6.07) is 0.230. The van der Waals surface area contributed by atoms with E-state index in [1.807, 2.05) is 5.06 Å². The van der Waals surface area contributed by atoms with Crippen LogP contribution in [0.4, 0.5) is 0 Å². The van der Waals surface area contributed by atoms with Gasteiger partial charge in [-0.25, -0.2) is 4.57 Å². The standard InChI is InChI=1S/C12H24N2O2.K.H3O4P.H/c1-9(15)13-10-7-11(2,3)14(16-6)12(4,5)8-10;;1-5(2,3)4;/h10H,7-8H2,1-6H3,(H,13,15);;(H3,1,2,3,4);. The fourth-order valence-corrected chi connectivity index (χ4v) is 3.15. The van der Waals surface area contributed by atoms with Crippen LogP contribution in [0.1, 0.15) is 47.5 Å². The summed E-state index contributed by atoms with van der Waals surface area (Å²) in [5, 5.41) is 5.06. The Morgan fingerprint density at radius 1 is 1.18 bits per heavy atom. The summed E-state index contributed by atoms with van der Waals surface area (Å²) in [5.41, 5.74) is -0.132. The van der Waals surface area contributed by atoms with Crippen LogP contribution in [-0.4, -0.2) is 101 Å². The maximum absolute atomic E-state index is 11.1. The fourth-order valence-electron chi connectivity index (χ4n) is 3.15. The van der Waals surface area contributed by atoms with Crippen molar-refractivity contribution in [2.24, 2.45) is 0 Å². The molecule has 8 nitrogen and oxygen atoms in total.